The van der Waals surface area contributed by atoms with Gasteiger partial charge in [0.05, 0.1) is 0 Å². The Bertz CT molecular complexity index is 341. The van der Waals surface area contributed by atoms with Gasteiger partial charge in [-0.1, -0.05) is 36.2 Å². The van der Waals surface area contributed by atoms with Gasteiger partial charge in [0, 0.05) is 17.1 Å². The van der Waals surface area contributed by atoms with Gasteiger partial charge in [-0.2, -0.15) is 0 Å². The monoisotopic (exact) mass is 213 g/mol. The summed E-state index contributed by atoms with van der Waals surface area (Å²) >= 11 is 5.64. The summed E-state index contributed by atoms with van der Waals surface area (Å²) < 4.78 is 13.3. The highest BCUT2D eigenvalue weighted by Gasteiger charge is 2.00. The molecule has 0 heterocycles. The van der Waals surface area contributed by atoms with Crippen LogP contribution in [0.5, 0.6) is 0 Å². The zero-order valence-electron chi connectivity index (χ0n) is 8.06. The first-order valence-electron chi connectivity index (χ1n) is 4.52. The van der Waals surface area contributed by atoms with E-state index >= 15 is 0 Å². The fourth-order valence-electron chi connectivity index (χ4n) is 1.14. The van der Waals surface area contributed by atoms with Gasteiger partial charge < -0.3 is 5.73 Å². The molecular formula is C11H13ClFN. The normalized spacial score (nSPS) is 11.9. The van der Waals surface area contributed by atoms with Crippen molar-refractivity contribution in [2.75, 3.05) is 6.54 Å². The maximum absolute atomic E-state index is 13.3. The number of halogens is 2. The molecule has 14 heavy (non-hydrogen) atoms. The van der Waals surface area contributed by atoms with E-state index in [1.165, 1.54) is 6.07 Å². The third-order valence-corrected chi connectivity index (χ3v) is 2.27. The van der Waals surface area contributed by atoms with Gasteiger partial charge in [0.2, 0.25) is 0 Å². The van der Waals surface area contributed by atoms with Crippen LogP contribution in [0.1, 0.15) is 18.9 Å². The molecule has 0 bridgehead atoms. The topological polar surface area (TPSA) is 26.0 Å². The van der Waals surface area contributed by atoms with E-state index in [1.54, 1.807) is 18.2 Å². The van der Waals surface area contributed by atoms with Crippen LogP contribution in [0.4, 0.5) is 4.39 Å². The van der Waals surface area contributed by atoms with Gasteiger partial charge in [-0.05, 0) is 18.6 Å². The molecule has 3 heteroatoms. The van der Waals surface area contributed by atoms with E-state index in [9.17, 15) is 4.39 Å². The number of nitrogens with two attached hydrogens (primary N) is 1. The van der Waals surface area contributed by atoms with E-state index in [0.29, 0.717) is 17.1 Å². The second-order valence-corrected chi connectivity index (χ2v) is 3.46. The molecule has 0 unspecified atom stereocenters. The molecule has 0 fully saturated rings. The molecule has 2 N–H and O–H groups in total. The van der Waals surface area contributed by atoms with Crippen molar-refractivity contribution in [2.24, 2.45) is 5.73 Å². The fourth-order valence-corrected chi connectivity index (χ4v) is 1.30. The molecule has 1 rings (SSSR count). The molecule has 0 saturated carbocycles. The Balaban J connectivity index is 3.02. The molecule has 0 aliphatic heterocycles. The van der Waals surface area contributed by atoms with E-state index in [-0.39, 0.29) is 5.82 Å². The number of hydrogen-bond donors (Lipinski definition) is 1. The standard InChI is InChI=1S/C11H13ClFN/c1-2-8(7-14)5-9-3-4-10(12)6-11(9)13/h3-6H,2,7,14H2,1H3/b8-5-. The average molecular weight is 214 g/mol. The molecule has 1 aromatic rings. The number of hydrogen-bond acceptors (Lipinski definition) is 1. The summed E-state index contributed by atoms with van der Waals surface area (Å²) in [6.07, 6.45) is 2.60. The van der Waals surface area contributed by atoms with Crippen LogP contribution in [0.3, 0.4) is 0 Å². The number of benzene rings is 1. The Labute approximate surface area is 88.4 Å². The second kappa shape index (κ2) is 5.13. The van der Waals surface area contributed by atoms with Gasteiger partial charge in [0.15, 0.2) is 0 Å². The first-order valence-corrected chi connectivity index (χ1v) is 4.89. The van der Waals surface area contributed by atoms with Crippen molar-refractivity contribution < 1.29 is 4.39 Å². The van der Waals surface area contributed by atoms with Crippen LogP contribution in [0.25, 0.3) is 6.08 Å². The highest BCUT2D eigenvalue weighted by Crippen LogP contribution is 2.17. The lowest BCUT2D eigenvalue weighted by Crippen LogP contribution is -2.02. The van der Waals surface area contributed by atoms with Gasteiger partial charge in [-0.15, -0.1) is 0 Å². The maximum Gasteiger partial charge on any atom is 0.131 e. The molecule has 0 aliphatic rings. The van der Waals surface area contributed by atoms with Gasteiger partial charge in [0.1, 0.15) is 5.82 Å². The van der Waals surface area contributed by atoms with Gasteiger partial charge in [0.25, 0.3) is 0 Å². The van der Waals surface area contributed by atoms with E-state index in [1.807, 2.05) is 6.92 Å². The first kappa shape index (κ1) is 11.2. The molecule has 0 amide bonds. The zero-order chi connectivity index (χ0) is 10.6. The highest BCUT2D eigenvalue weighted by molar-refractivity contribution is 6.30. The Morgan fingerprint density at radius 1 is 1.57 bits per heavy atom. The predicted octanol–water partition coefficient (Wildman–Crippen LogP) is 3.23. The van der Waals surface area contributed by atoms with E-state index in [0.717, 1.165) is 12.0 Å². The van der Waals surface area contributed by atoms with Crippen molar-refractivity contribution in [3.63, 3.8) is 0 Å². The van der Waals surface area contributed by atoms with Crippen molar-refractivity contribution in [2.45, 2.75) is 13.3 Å². The lowest BCUT2D eigenvalue weighted by atomic mass is 10.1. The smallest absolute Gasteiger partial charge is 0.131 e. The van der Waals surface area contributed by atoms with E-state index in [4.69, 9.17) is 17.3 Å². The molecular weight excluding hydrogens is 201 g/mol. The van der Waals surface area contributed by atoms with Crippen LogP contribution in [-0.2, 0) is 0 Å². The second-order valence-electron chi connectivity index (χ2n) is 3.03. The van der Waals surface area contributed by atoms with Crippen molar-refractivity contribution in [3.8, 4) is 0 Å². The lowest BCUT2D eigenvalue weighted by Gasteiger charge is -2.02. The molecule has 0 aromatic heterocycles. The Morgan fingerprint density at radius 2 is 2.29 bits per heavy atom. The van der Waals surface area contributed by atoms with Crippen LogP contribution >= 0.6 is 11.6 Å². The molecule has 0 radical (unpaired) electrons. The summed E-state index contributed by atoms with van der Waals surface area (Å²) in [6, 6.07) is 4.63. The molecule has 0 spiro atoms. The van der Waals surface area contributed by atoms with Crippen LogP contribution in [-0.4, -0.2) is 6.54 Å². The third-order valence-electron chi connectivity index (χ3n) is 2.04. The number of rotatable bonds is 3. The van der Waals surface area contributed by atoms with E-state index in [2.05, 4.69) is 0 Å². The summed E-state index contributed by atoms with van der Waals surface area (Å²) in [4.78, 5) is 0. The van der Waals surface area contributed by atoms with Crippen LogP contribution < -0.4 is 5.73 Å². The van der Waals surface area contributed by atoms with Crippen molar-refractivity contribution >= 4 is 17.7 Å². The first-order chi connectivity index (χ1) is 6.67. The molecule has 0 saturated heterocycles. The largest absolute Gasteiger partial charge is 0.327 e. The molecule has 76 valence electrons. The minimum atomic E-state index is -0.308. The van der Waals surface area contributed by atoms with Crippen molar-refractivity contribution in [1.29, 1.82) is 0 Å². The zero-order valence-corrected chi connectivity index (χ0v) is 8.81. The summed E-state index contributed by atoms with van der Waals surface area (Å²) in [5.41, 5.74) is 7.05. The summed E-state index contributed by atoms with van der Waals surface area (Å²) in [6.45, 7) is 2.45. The fraction of sp³-hybridized carbons (Fsp3) is 0.273. The van der Waals surface area contributed by atoms with Gasteiger partial charge in [-0.3, -0.25) is 0 Å². The van der Waals surface area contributed by atoms with Crippen LogP contribution in [0.15, 0.2) is 23.8 Å². The molecule has 1 aromatic carbocycles. The van der Waals surface area contributed by atoms with Crippen LogP contribution in [0.2, 0.25) is 5.02 Å². The van der Waals surface area contributed by atoms with E-state index < -0.39 is 0 Å². The highest BCUT2D eigenvalue weighted by atomic mass is 35.5. The summed E-state index contributed by atoms with van der Waals surface area (Å²) in [5, 5.41) is 0.408. The predicted molar refractivity (Wildman–Crippen MR) is 58.7 cm³/mol. The summed E-state index contributed by atoms with van der Waals surface area (Å²) in [7, 11) is 0. The molecule has 0 aliphatic carbocycles. The van der Waals surface area contributed by atoms with Crippen molar-refractivity contribution in [1.82, 2.24) is 0 Å². The van der Waals surface area contributed by atoms with Gasteiger partial charge in [-0.25, -0.2) is 4.39 Å². The Morgan fingerprint density at radius 3 is 2.79 bits per heavy atom. The minimum Gasteiger partial charge on any atom is -0.327 e. The van der Waals surface area contributed by atoms with Crippen molar-refractivity contribution in [3.05, 3.63) is 40.2 Å². The molecule has 0 atom stereocenters. The van der Waals surface area contributed by atoms with Gasteiger partial charge >= 0.3 is 0 Å². The van der Waals surface area contributed by atoms with Crippen LogP contribution in [0, 0.1) is 5.82 Å². The quantitative estimate of drug-likeness (QED) is 0.820. The Hall–Kier alpha value is -0.860. The SMILES string of the molecule is CC/C(=C/c1ccc(Cl)cc1F)CN. The Kier molecular flexibility index (Phi) is 4.11. The minimum absolute atomic E-state index is 0.308. The maximum atomic E-state index is 13.3. The summed E-state index contributed by atoms with van der Waals surface area (Å²) in [5.74, 6) is -0.308. The lowest BCUT2D eigenvalue weighted by molar-refractivity contribution is 0.625. The molecule has 1 nitrogen and oxygen atoms in total. The average Bonchev–Trinajstić information content (AvgIpc) is 2.17. The third kappa shape index (κ3) is 2.82.